The third-order valence-corrected chi connectivity index (χ3v) is 4.75. The van der Waals surface area contributed by atoms with Crippen LogP contribution in [0.25, 0.3) is 17.0 Å². The molecule has 0 bridgehead atoms. The van der Waals surface area contributed by atoms with Gasteiger partial charge in [0.25, 0.3) is 5.91 Å². The van der Waals surface area contributed by atoms with Crippen LogP contribution in [0.5, 0.6) is 11.5 Å². The summed E-state index contributed by atoms with van der Waals surface area (Å²) in [5.41, 5.74) is 2.60. The molecule has 0 atom stereocenters. The lowest BCUT2D eigenvalue weighted by Gasteiger charge is -2.12. The number of amides is 1. The minimum Gasteiger partial charge on any atom is -0.490 e. The maximum Gasteiger partial charge on any atom is 0.331 e. The van der Waals surface area contributed by atoms with Gasteiger partial charge < -0.3 is 19.5 Å². The second-order valence-corrected chi connectivity index (χ2v) is 7.11. The number of aromatic nitrogens is 1. The number of hydrogen-bond acceptors (Lipinski definition) is 6. The van der Waals surface area contributed by atoms with Gasteiger partial charge in [-0.3, -0.25) is 9.78 Å². The summed E-state index contributed by atoms with van der Waals surface area (Å²) in [6.45, 7) is 5.00. The van der Waals surface area contributed by atoms with Crippen molar-refractivity contribution >= 4 is 28.9 Å². The van der Waals surface area contributed by atoms with E-state index in [2.05, 4.69) is 10.3 Å². The van der Waals surface area contributed by atoms with E-state index in [9.17, 15) is 9.59 Å². The van der Waals surface area contributed by atoms with Crippen LogP contribution in [-0.4, -0.2) is 43.2 Å². The number of ether oxygens (including phenoxy) is 3. The van der Waals surface area contributed by atoms with Gasteiger partial charge in [-0.1, -0.05) is 30.3 Å². The Balaban J connectivity index is 1.44. The Hall–Kier alpha value is -3.87. The second kappa shape index (κ2) is 12.2. The molecule has 1 amide bonds. The van der Waals surface area contributed by atoms with Crippen LogP contribution < -0.4 is 14.8 Å². The highest BCUT2D eigenvalue weighted by Crippen LogP contribution is 2.28. The SMILES string of the molecule is CCOc1ccc(CCNC(=O)COC(=O)/C=C/c2cccc3cccnc23)cc1OCC. The van der Waals surface area contributed by atoms with Crippen LogP contribution in [0.1, 0.15) is 25.0 Å². The lowest BCUT2D eigenvalue weighted by Crippen LogP contribution is -2.30. The van der Waals surface area contributed by atoms with Crippen molar-refractivity contribution in [3.05, 3.63) is 71.9 Å². The Morgan fingerprint density at radius 3 is 2.61 bits per heavy atom. The molecule has 1 heterocycles. The fourth-order valence-corrected chi connectivity index (χ4v) is 3.25. The zero-order chi connectivity index (χ0) is 23.5. The Kier molecular flexibility index (Phi) is 8.82. The van der Waals surface area contributed by atoms with Crippen LogP contribution >= 0.6 is 0 Å². The van der Waals surface area contributed by atoms with Crippen LogP contribution in [0.2, 0.25) is 0 Å². The van der Waals surface area contributed by atoms with Gasteiger partial charge in [-0.2, -0.15) is 0 Å². The normalized spacial score (nSPS) is 10.8. The molecule has 2 aromatic carbocycles. The smallest absolute Gasteiger partial charge is 0.331 e. The van der Waals surface area contributed by atoms with Crippen molar-refractivity contribution in [3.8, 4) is 11.5 Å². The minimum atomic E-state index is -0.592. The van der Waals surface area contributed by atoms with E-state index in [0.29, 0.717) is 37.7 Å². The van der Waals surface area contributed by atoms with Crippen molar-refractivity contribution in [3.63, 3.8) is 0 Å². The monoisotopic (exact) mass is 448 g/mol. The van der Waals surface area contributed by atoms with Crippen molar-refractivity contribution in [2.45, 2.75) is 20.3 Å². The molecule has 172 valence electrons. The van der Waals surface area contributed by atoms with Gasteiger partial charge in [0.2, 0.25) is 0 Å². The summed E-state index contributed by atoms with van der Waals surface area (Å²) in [4.78, 5) is 28.4. The molecule has 33 heavy (non-hydrogen) atoms. The van der Waals surface area contributed by atoms with Gasteiger partial charge >= 0.3 is 5.97 Å². The highest BCUT2D eigenvalue weighted by Gasteiger charge is 2.08. The van der Waals surface area contributed by atoms with E-state index in [4.69, 9.17) is 14.2 Å². The number of nitrogens with zero attached hydrogens (tertiary/aromatic N) is 1. The fraction of sp³-hybridized carbons (Fsp3) is 0.269. The van der Waals surface area contributed by atoms with Gasteiger partial charge in [0.1, 0.15) is 0 Å². The van der Waals surface area contributed by atoms with Crippen LogP contribution in [0.3, 0.4) is 0 Å². The molecule has 0 saturated carbocycles. The average Bonchev–Trinajstić information content (AvgIpc) is 2.83. The third-order valence-electron chi connectivity index (χ3n) is 4.75. The topological polar surface area (TPSA) is 86.8 Å². The van der Waals surface area contributed by atoms with E-state index in [1.807, 2.05) is 62.4 Å². The molecular formula is C26H28N2O5. The van der Waals surface area contributed by atoms with Crippen molar-refractivity contribution in [1.82, 2.24) is 10.3 Å². The first-order valence-electron chi connectivity index (χ1n) is 10.9. The van der Waals surface area contributed by atoms with E-state index in [1.54, 1.807) is 12.3 Å². The van der Waals surface area contributed by atoms with Crippen molar-refractivity contribution in [2.75, 3.05) is 26.4 Å². The standard InChI is InChI=1S/C26H28N2O5/c1-3-31-22-12-10-19(17-23(22)32-4-2)14-16-27-24(29)18-33-25(30)13-11-21-8-5-7-20-9-6-15-28-26(20)21/h5-13,15,17H,3-4,14,16,18H2,1-2H3,(H,27,29)/b13-11+. The number of pyridine rings is 1. The molecule has 3 rings (SSSR count). The van der Waals surface area contributed by atoms with E-state index in [0.717, 1.165) is 22.0 Å². The van der Waals surface area contributed by atoms with Crippen LogP contribution in [0, 0.1) is 0 Å². The lowest BCUT2D eigenvalue weighted by atomic mass is 10.1. The highest BCUT2D eigenvalue weighted by molar-refractivity contribution is 5.93. The van der Waals surface area contributed by atoms with Gasteiger partial charge in [-0.15, -0.1) is 0 Å². The van der Waals surface area contributed by atoms with Crippen LogP contribution in [0.15, 0.2) is 60.8 Å². The zero-order valence-electron chi connectivity index (χ0n) is 18.9. The van der Waals surface area contributed by atoms with E-state index < -0.39 is 5.97 Å². The van der Waals surface area contributed by atoms with Crippen molar-refractivity contribution in [2.24, 2.45) is 0 Å². The van der Waals surface area contributed by atoms with Crippen molar-refractivity contribution < 1.29 is 23.8 Å². The molecule has 7 heteroatoms. The van der Waals surface area contributed by atoms with E-state index in [1.165, 1.54) is 6.08 Å². The molecule has 1 aromatic heterocycles. The number of benzene rings is 2. The first kappa shape index (κ1) is 23.8. The molecule has 0 saturated heterocycles. The van der Waals surface area contributed by atoms with Gasteiger partial charge in [0, 0.05) is 29.8 Å². The van der Waals surface area contributed by atoms with Gasteiger partial charge in [-0.25, -0.2) is 4.79 Å². The van der Waals surface area contributed by atoms with Gasteiger partial charge in [0.05, 0.1) is 18.7 Å². The number of carbonyl (C=O) groups excluding carboxylic acids is 2. The number of hydrogen-bond donors (Lipinski definition) is 1. The Morgan fingerprint density at radius 2 is 1.79 bits per heavy atom. The first-order chi connectivity index (χ1) is 16.1. The molecular weight excluding hydrogens is 420 g/mol. The summed E-state index contributed by atoms with van der Waals surface area (Å²) in [7, 11) is 0. The summed E-state index contributed by atoms with van der Waals surface area (Å²) in [6, 6.07) is 15.2. The summed E-state index contributed by atoms with van der Waals surface area (Å²) < 4.78 is 16.2. The molecule has 0 aliphatic rings. The Morgan fingerprint density at radius 1 is 1.00 bits per heavy atom. The molecule has 0 aliphatic heterocycles. The van der Waals surface area contributed by atoms with Crippen LogP contribution in [0.4, 0.5) is 0 Å². The quantitative estimate of drug-likeness (QED) is 0.353. The van der Waals surface area contributed by atoms with Gasteiger partial charge in [-0.05, 0) is 50.1 Å². The minimum absolute atomic E-state index is 0.343. The maximum absolute atomic E-state index is 12.0. The molecule has 7 nitrogen and oxygen atoms in total. The summed E-state index contributed by atoms with van der Waals surface area (Å²) in [5, 5.41) is 3.73. The number of para-hydroxylation sites is 1. The first-order valence-corrected chi connectivity index (χ1v) is 10.9. The molecule has 0 aliphatic carbocycles. The lowest BCUT2D eigenvalue weighted by molar-refractivity contribution is -0.143. The fourth-order valence-electron chi connectivity index (χ4n) is 3.25. The number of esters is 1. The molecule has 0 fully saturated rings. The molecule has 0 unspecified atom stereocenters. The predicted molar refractivity (Wildman–Crippen MR) is 127 cm³/mol. The molecule has 3 aromatic rings. The highest BCUT2D eigenvalue weighted by atomic mass is 16.5. The maximum atomic E-state index is 12.0. The van der Waals surface area contributed by atoms with Crippen molar-refractivity contribution in [1.29, 1.82) is 0 Å². The van der Waals surface area contributed by atoms with Crippen LogP contribution in [-0.2, 0) is 20.7 Å². The van der Waals surface area contributed by atoms with E-state index >= 15 is 0 Å². The number of nitrogens with one attached hydrogen (secondary N) is 1. The number of carbonyl (C=O) groups is 2. The largest absolute Gasteiger partial charge is 0.490 e. The summed E-state index contributed by atoms with van der Waals surface area (Å²) >= 11 is 0. The Bertz CT molecular complexity index is 1120. The summed E-state index contributed by atoms with van der Waals surface area (Å²) in [5.74, 6) is 0.433. The van der Waals surface area contributed by atoms with Gasteiger partial charge in [0.15, 0.2) is 18.1 Å². The number of fused-ring (bicyclic) bond motifs is 1. The van der Waals surface area contributed by atoms with E-state index in [-0.39, 0.29) is 12.5 Å². The molecule has 1 N–H and O–H groups in total. The second-order valence-electron chi connectivity index (χ2n) is 7.11. The zero-order valence-corrected chi connectivity index (χ0v) is 18.9. The Labute approximate surface area is 193 Å². The number of rotatable bonds is 11. The average molecular weight is 449 g/mol. The third kappa shape index (κ3) is 7.07. The summed E-state index contributed by atoms with van der Waals surface area (Å²) in [6.07, 6.45) is 5.25. The predicted octanol–water partition coefficient (Wildman–Crippen LogP) is 3.95. The molecule has 0 radical (unpaired) electrons. The molecule has 0 spiro atoms.